The van der Waals surface area contributed by atoms with Crippen molar-refractivity contribution in [3.63, 3.8) is 0 Å². The van der Waals surface area contributed by atoms with Crippen LogP contribution in [0.1, 0.15) is 175 Å². The Balaban J connectivity index is 0.0000500. The third-order valence-electron chi connectivity index (χ3n) is 18.3. The van der Waals surface area contributed by atoms with Crippen LogP contribution in [-0.2, 0) is 28.9 Å². The molecule has 0 spiro atoms. The van der Waals surface area contributed by atoms with Crippen molar-refractivity contribution in [2.24, 2.45) is 11.8 Å². The van der Waals surface area contributed by atoms with Gasteiger partial charge in [0.1, 0.15) is 66.8 Å². The van der Waals surface area contributed by atoms with Crippen molar-refractivity contribution < 1.29 is 163 Å². The van der Waals surface area contributed by atoms with Gasteiger partial charge in [-0.1, -0.05) is 118 Å². The Kier molecular flexibility index (Phi) is 49.5. The maximum absolute atomic E-state index is 12.6. The molecule has 11 unspecified atom stereocenters. The molecular weight excluding hydrogens is 1340 g/mol. The van der Waals surface area contributed by atoms with Crippen LogP contribution < -0.4 is 29.6 Å². The topological polar surface area (TPSA) is 507 Å². The molecule has 100 heavy (non-hydrogen) atoms. The van der Waals surface area contributed by atoms with E-state index in [2.05, 4.69) is 17.3 Å². The monoisotopic (exact) mass is 1460 g/mol. The van der Waals surface area contributed by atoms with E-state index in [1.54, 1.807) is 32.9 Å². The van der Waals surface area contributed by atoms with E-state index < -0.39 is 175 Å². The molecule has 2 aliphatic rings. The van der Waals surface area contributed by atoms with E-state index in [9.17, 15) is 115 Å². The Hall–Kier alpha value is -2.42. The molecule has 2 aliphatic heterocycles. The van der Waals surface area contributed by atoms with E-state index in [0.717, 1.165) is 12.8 Å². The van der Waals surface area contributed by atoms with Gasteiger partial charge in [-0.15, -0.1) is 0 Å². The molecule has 0 aromatic carbocycles. The third kappa shape index (κ3) is 38.7. The van der Waals surface area contributed by atoms with Gasteiger partial charge < -0.3 is 116 Å². The summed E-state index contributed by atoms with van der Waals surface area (Å²) in [5.41, 5.74) is 0.433. The molecule has 2 fully saturated rings. The number of aliphatic hydroxyl groups is 20. The molecule has 0 radical (unpaired) electrons. The van der Waals surface area contributed by atoms with Crippen molar-refractivity contribution in [1.29, 1.82) is 0 Å². The van der Waals surface area contributed by atoms with Gasteiger partial charge in [-0.25, -0.2) is 8.42 Å². The number of allylic oxidation sites excluding steroid dienone is 11. The Morgan fingerprint density at radius 2 is 1.09 bits per heavy atom. The van der Waals surface area contributed by atoms with Crippen molar-refractivity contribution in [2.75, 3.05) is 6.61 Å². The number of carbonyl (C=O) groups excluding carboxylic acids is 1. The average molecular weight is 1460 g/mol. The van der Waals surface area contributed by atoms with Gasteiger partial charge in [0.15, 0.2) is 0 Å². The molecule has 0 aromatic rings. The Morgan fingerprint density at radius 3 is 1.67 bits per heavy atom. The molecule has 0 bridgehead atoms. The summed E-state index contributed by atoms with van der Waals surface area (Å²) in [6, 6.07) is 0. The molecule has 0 amide bonds. The first kappa shape index (κ1) is 95.6. The number of ketones is 1. The first-order chi connectivity index (χ1) is 46.6. The summed E-state index contributed by atoms with van der Waals surface area (Å²) in [4.78, 5) is 12.6. The van der Waals surface area contributed by atoms with Gasteiger partial charge in [0.05, 0.1) is 92.1 Å². The van der Waals surface area contributed by atoms with Gasteiger partial charge >= 0.3 is 29.6 Å². The second-order valence-electron chi connectivity index (χ2n) is 27.2. The van der Waals surface area contributed by atoms with Gasteiger partial charge in [-0.3, -0.25) is 8.98 Å². The molecule has 0 aromatic heterocycles. The quantitative estimate of drug-likeness (QED) is 0.00774. The van der Waals surface area contributed by atoms with Crippen LogP contribution in [0, 0.1) is 11.8 Å². The first-order valence-corrected chi connectivity index (χ1v) is 36.2. The molecule has 27 nitrogen and oxygen atoms in total. The summed E-state index contributed by atoms with van der Waals surface area (Å²) in [5, 5.41) is 214. The number of aliphatic hydroxyl groups excluding tert-OH is 20. The molecule has 2 saturated heterocycles. The molecule has 26 atom stereocenters. The molecule has 2 heterocycles. The van der Waals surface area contributed by atoms with Crippen LogP contribution in [0.25, 0.3) is 0 Å². The van der Waals surface area contributed by atoms with Crippen LogP contribution in [0.4, 0.5) is 0 Å². The second-order valence-corrected chi connectivity index (χ2v) is 28.2. The summed E-state index contributed by atoms with van der Waals surface area (Å²) in [6.07, 6.45) is -9.95. The summed E-state index contributed by atoms with van der Waals surface area (Å²) >= 11 is 0. The smallest absolute Gasteiger partial charge is 0.726 e. The molecule has 0 aliphatic carbocycles. The van der Waals surface area contributed by atoms with E-state index >= 15 is 0 Å². The van der Waals surface area contributed by atoms with Crippen LogP contribution >= 0.6 is 0 Å². The van der Waals surface area contributed by atoms with Crippen LogP contribution in [0.2, 0.25) is 0 Å². The summed E-state index contributed by atoms with van der Waals surface area (Å²) < 4.78 is 49.9. The third-order valence-corrected chi connectivity index (χ3v) is 18.8. The number of hydrogen-bond donors (Lipinski definition) is 20. The Labute approximate surface area is 612 Å². The fourth-order valence-corrected chi connectivity index (χ4v) is 12.6. The van der Waals surface area contributed by atoms with Crippen molar-refractivity contribution in [2.45, 2.75) is 321 Å². The van der Waals surface area contributed by atoms with Gasteiger partial charge in [0.25, 0.3) is 0 Å². The van der Waals surface area contributed by atoms with Gasteiger partial charge in [-0.05, 0) is 133 Å². The fraction of sp³-hybridized carbons (Fsp3) is 0.761. The zero-order valence-electron chi connectivity index (χ0n) is 58.7. The van der Waals surface area contributed by atoms with E-state index in [1.165, 1.54) is 12.2 Å². The van der Waals surface area contributed by atoms with Crippen molar-refractivity contribution >= 4 is 16.2 Å². The number of hydrogen-bond acceptors (Lipinski definition) is 27. The van der Waals surface area contributed by atoms with E-state index in [4.69, 9.17) is 14.6 Å². The summed E-state index contributed by atoms with van der Waals surface area (Å²) in [7, 11) is -5.00. The predicted molar refractivity (Wildman–Crippen MR) is 366 cm³/mol. The minimum absolute atomic E-state index is 0. The first-order valence-electron chi connectivity index (χ1n) is 34.9. The second kappa shape index (κ2) is 51.7. The Morgan fingerprint density at radius 1 is 0.580 bits per heavy atom. The van der Waals surface area contributed by atoms with Gasteiger partial charge in [0, 0.05) is 32.1 Å². The van der Waals surface area contributed by atoms with Crippen LogP contribution in [-0.4, -0.2) is 274 Å². The standard InChI is InChI=1S/C71H122O27S.Na/c1-6-7-8-9-10-11-12-13-14-15-16-17-18-19-27-54(79)65(88)70-68(91)60(85)41-62(97-70)69(92)64(87)45(4)30-33-53(78)61-40-59(84)67(90)71(96-61)66(89)57(82)35-44(3)29-32-49(75)39-58(83)63(86)46(5)36-56(81)55(80)34-43(2)28-31-48(74)38-51(77)37-47(73)24-22-26-52(98-99(93,94)95)25-21-20-23-50(76)42-72;/h6-8,11-16,19,27,35,43,46-50,52-76,78-92H,1,4,9-10,17-18,20-26,28-34,36-42H2,2-3,5H3,(H,93,94,95);/q;+1/p-1/b8-7+,12-11+,14-13+,16-15+,27-19+,44-35+;/t43?,46?,47?,48?,49?,50?,52?,53-,54+,55?,56?,57-,58?,59-,60-,61-,62-,63?,64-,65+,66+,67-,68-,69+,70+,71+;/m1./s1. The summed E-state index contributed by atoms with van der Waals surface area (Å²) in [5.74, 6) is -1.43. The van der Waals surface area contributed by atoms with E-state index in [1.807, 2.05) is 48.6 Å². The van der Waals surface area contributed by atoms with E-state index in [-0.39, 0.29) is 150 Å². The normalized spacial score (nSPS) is 26.1. The molecular formula is C71H121NaO27S. The van der Waals surface area contributed by atoms with Crippen molar-refractivity contribution in [1.82, 2.24) is 0 Å². The maximum atomic E-state index is 12.6. The number of Topliss-reactive ketones (excluding diaryl/α,β-unsaturated/α-hetero) is 1. The number of unbranched alkanes of at least 4 members (excludes halogenated alkanes) is 3. The molecule has 0 saturated carbocycles. The van der Waals surface area contributed by atoms with E-state index in [0.29, 0.717) is 37.7 Å². The maximum Gasteiger partial charge on any atom is 1.00 e. The predicted octanol–water partition coefficient (Wildman–Crippen LogP) is -2.11. The minimum Gasteiger partial charge on any atom is -0.726 e. The molecule has 29 heteroatoms. The summed E-state index contributed by atoms with van der Waals surface area (Å²) in [6.45, 7) is 11.9. The largest absolute Gasteiger partial charge is 1.00 e. The molecule has 20 N–H and O–H groups in total. The average Bonchev–Trinajstić information content (AvgIpc) is 0.833. The van der Waals surface area contributed by atoms with Crippen molar-refractivity contribution in [3.05, 3.63) is 97.2 Å². The van der Waals surface area contributed by atoms with Crippen LogP contribution in [0.15, 0.2) is 97.2 Å². The number of carbonyl (C=O) groups is 1. The fourth-order valence-electron chi connectivity index (χ4n) is 12.1. The minimum atomic E-state index is -5.00. The molecule has 2 rings (SSSR count). The number of rotatable bonds is 53. The van der Waals surface area contributed by atoms with Crippen molar-refractivity contribution in [3.8, 4) is 0 Å². The van der Waals surface area contributed by atoms with Gasteiger partial charge in [-0.2, -0.15) is 0 Å². The van der Waals surface area contributed by atoms with Crippen LogP contribution in [0.3, 0.4) is 0 Å². The SMILES string of the molecule is C=C/C=C/CC/C=C/C=C/C=C/CC/C=C/[C@H](O)[C@H](O)[C@@H]1O[C@@H]([C@H](O)[C@H](O)C(=C)CC[C@@H](O)[C@H]2C[C@@H](O)[C@@H](O)[C@H]([C@@H](O)[C@H](O)/C=C(\C)CCC(O)CC(O)C(O)C(C)CC(O)C(O)CC(C)CCC(O)CC(=O)CC(O)CCCC(CCCCC(O)CO)OS(=O)(=O)[O-])O2)C[C@@H](O)[C@H]1O.[Na+]. The van der Waals surface area contributed by atoms with Crippen LogP contribution in [0.5, 0.6) is 0 Å². The zero-order valence-corrected chi connectivity index (χ0v) is 61.6. The number of ether oxygens (including phenoxy) is 2. The zero-order chi connectivity index (χ0) is 74.5. The molecule has 574 valence electrons. The van der Waals surface area contributed by atoms with Gasteiger partial charge in [0.2, 0.25) is 10.4 Å². The Bertz CT molecular complexity index is 2540.